The smallest absolute Gasteiger partial charge is 0.410 e. The molecule has 1 aromatic carbocycles. The predicted octanol–water partition coefficient (Wildman–Crippen LogP) is 6.30. The van der Waals surface area contributed by atoms with Crippen LogP contribution in [0.5, 0.6) is 5.88 Å². The maximum atomic E-state index is 13.3. The number of aliphatic hydroxyl groups excluding tert-OH is 1. The lowest BCUT2D eigenvalue weighted by Gasteiger charge is -2.29. The van der Waals surface area contributed by atoms with Crippen LogP contribution in [0, 0.1) is 0 Å². The molecule has 13 nitrogen and oxygen atoms in total. The highest BCUT2D eigenvalue weighted by Gasteiger charge is 2.30. The van der Waals surface area contributed by atoms with Gasteiger partial charge >= 0.3 is 6.09 Å². The van der Waals surface area contributed by atoms with Crippen molar-refractivity contribution < 1.29 is 24.2 Å². The van der Waals surface area contributed by atoms with E-state index < -0.39 is 18.3 Å². The first kappa shape index (κ1) is 37.1. The maximum absolute atomic E-state index is 13.3. The minimum absolute atomic E-state index is 0.0116. The fourth-order valence-corrected chi connectivity index (χ4v) is 6.89. The molecule has 16 heteroatoms. The van der Waals surface area contributed by atoms with E-state index in [4.69, 9.17) is 49.3 Å². The van der Waals surface area contributed by atoms with Crippen LogP contribution in [0.4, 0.5) is 4.79 Å². The van der Waals surface area contributed by atoms with Crippen molar-refractivity contribution in [3.8, 4) is 39.5 Å². The van der Waals surface area contributed by atoms with Crippen LogP contribution in [0.15, 0.2) is 53.6 Å². The van der Waals surface area contributed by atoms with E-state index in [-0.39, 0.29) is 57.9 Å². The number of carbonyl (C=O) groups is 2. The molecule has 5 heterocycles. The summed E-state index contributed by atoms with van der Waals surface area (Å²) in [5.74, 6) is 0.315. The van der Waals surface area contributed by atoms with Gasteiger partial charge in [0.05, 0.1) is 45.7 Å². The molecule has 272 valence electrons. The Morgan fingerprint density at radius 2 is 1.83 bits per heavy atom. The van der Waals surface area contributed by atoms with Crippen molar-refractivity contribution in [1.82, 2.24) is 34.4 Å². The van der Waals surface area contributed by atoms with Crippen molar-refractivity contribution in [1.29, 1.82) is 0 Å². The van der Waals surface area contributed by atoms with Gasteiger partial charge < -0.3 is 24.8 Å². The Morgan fingerprint density at radius 1 is 1.10 bits per heavy atom. The number of nitrogens with zero attached hydrogens (tertiary/aromatic N) is 6. The van der Waals surface area contributed by atoms with Gasteiger partial charge in [0.2, 0.25) is 11.8 Å². The molecule has 1 fully saturated rings. The Hall–Kier alpha value is -4.69. The number of hydrogen-bond acceptors (Lipinski definition) is 9. The summed E-state index contributed by atoms with van der Waals surface area (Å²) >= 11 is 21.0. The van der Waals surface area contributed by atoms with E-state index in [0.29, 0.717) is 57.1 Å². The summed E-state index contributed by atoms with van der Waals surface area (Å²) in [5.41, 5.74) is 2.72. The minimum Gasteiger partial charge on any atom is -0.481 e. The number of hydrogen-bond donors (Lipinski definition) is 2. The number of pyridine rings is 2. The van der Waals surface area contributed by atoms with E-state index in [1.54, 1.807) is 63.5 Å². The van der Waals surface area contributed by atoms with Crippen molar-refractivity contribution in [2.75, 3.05) is 13.7 Å². The first-order valence-electron chi connectivity index (χ1n) is 16.3. The maximum Gasteiger partial charge on any atom is 0.410 e. The van der Waals surface area contributed by atoms with Gasteiger partial charge in [-0.15, -0.1) is 0 Å². The summed E-state index contributed by atoms with van der Waals surface area (Å²) in [7, 11) is 3.00. The Balaban J connectivity index is 1.35. The SMILES string of the molecule is COc1nc(-c2cccc(-c3ccnc(-c4cc5c(=O)n(C)c(CO)nn5c4)c3Cl)c2Cl)cc(Cl)c1CN(C[C@@H]1CCC(=O)N1)C(=O)OC(C)(C)C. The highest BCUT2D eigenvalue weighted by molar-refractivity contribution is 6.39. The molecule has 0 aliphatic carbocycles. The highest BCUT2D eigenvalue weighted by Crippen LogP contribution is 2.42. The highest BCUT2D eigenvalue weighted by atomic mass is 35.5. The van der Waals surface area contributed by atoms with Crippen molar-refractivity contribution in [3.05, 3.63) is 85.6 Å². The van der Waals surface area contributed by atoms with Crippen LogP contribution in [0.3, 0.4) is 0 Å². The second-order valence-corrected chi connectivity index (χ2v) is 14.5. The molecular formula is C36H36Cl3N7O6. The molecule has 1 saturated heterocycles. The van der Waals surface area contributed by atoms with Crippen molar-refractivity contribution in [3.63, 3.8) is 0 Å². The number of halogens is 3. The molecule has 0 radical (unpaired) electrons. The fourth-order valence-electron chi connectivity index (χ4n) is 6.00. The van der Waals surface area contributed by atoms with Gasteiger partial charge in [0.1, 0.15) is 17.7 Å². The number of ether oxygens (including phenoxy) is 2. The van der Waals surface area contributed by atoms with Gasteiger partial charge in [-0.2, -0.15) is 5.10 Å². The van der Waals surface area contributed by atoms with Crippen LogP contribution in [0.2, 0.25) is 15.1 Å². The monoisotopic (exact) mass is 767 g/mol. The van der Waals surface area contributed by atoms with Crippen LogP contribution >= 0.6 is 34.8 Å². The molecule has 52 heavy (non-hydrogen) atoms. The van der Waals surface area contributed by atoms with Crippen molar-refractivity contribution in [2.45, 2.75) is 58.4 Å². The molecule has 2 N–H and O–H groups in total. The van der Waals surface area contributed by atoms with Crippen molar-refractivity contribution in [2.24, 2.45) is 7.05 Å². The molecule has 1 aliphatic rings. The van der Waals surface area contributed by atoms with Crippen LogP contribution in [-0.4, -0.2) is 71.5 Å². The molecular weight excluding hydrogens is 733 g/mol. The number of aliphatic hydroxyl groups is 1. The number of nitrogens with one attached hydrogen (secondary N) is 1. The predicted molar refractivity (Wildman–Crippen MR) is 198 cm³/mol. The lowest BCUT2D eigenvalue weighted by molar-refractivity contribution is -0.119. The van der Waals surface area contributed by atoms with Gasteiger partial charge in [0.25, 0.3) is 5.56 Å². The molecule has 1 aliphatic heterocycles. The summed E-state index contributed by atoms with van der Waals surface area (Å²) < 4.78 is 14.0. The molecule has 5 aromatic rings. The lowest BCUT2D eigenvalue weighted by atomic mass is 10.00. The van der Waals surface area contributed by atoms with Gasteiger partial charge in [0, 0.05) is 60.7 Å². The second-order valence-electron chi connectivity index (χ2n) is 13.3. The molecule has 1 atom stereocenters. The number of rotatable bonds is 9. The Labute approximate surface area is 314 Å². The number of benzene rings is 1. The van der Waals surface area contributed by atoms with Crippen LogP contribution in [0.25, 0.3) is 39.2 Å². The van der Waals surface area contributed by atoms with Gasteiger partial charge in [-0.05, 0) is 45.4 Å². The first-order chi connectivity index (χ1) is 24.7. The normalized spacial score (nSPS) is 14.5. The third-order valence-corrected chi connectivity index (χ3v) is 9.68. The van der Waals surface area contributed by atoms with Crippen LogP contribution < -0.4 is 15.6 Å². The second kappa shape index (κ2) is 14.7. The van der Waals surface area contributed by atoms with E-state index in [2.05, 4.69) is 15.4 Å². The number of methoxy groups -OCH3 is 1. The largest absolute Gasteiger partial charge is 0.481 e. The summed E-state index contributed by atoms with van der Waals surface area (Å²) in [6, 6.07) is 10.2. The molecule has 4 aromatic heterocycles. The van der Waals surface area contributed by atoms with E-state index in [1.165, 1.54) is 28.1 Å². The molecule has 0 bridgehead atoms. The van der Waals surface area contributed by atoms with Crippen LogP contribution in [-0.2, 0) is 29.7 Å². The molecule has 0 spiro atoms. The summed E-state index contributed by atoms with van der Waals surface area (Å²) in [5, 5.41) is 17.8. The summed E-state index contributed by atoms with van der Waals surface area (Å²) in [6.45, 7) is 5.15. The van der Waals surface area contributed by atoms with Gasteiger partial charge in [-0.1, -0.05) is 53.0 Å². The zero-order valence-electron chi connectivity index (χ0n) is 29.0. The Kier molecular flexibility index (Phi) is 10.5. The van der Waals surface area contributed by atoms with Gasteiger partial charge in [0.15, 0.2) is 5.82 Å². The van der Waals surface area contributed by atoms with Crippen molar-refractivity contribution >= 4 is 52.3 Å². The standard InChI is InChI=1S/C36H36Cl3N7O6/c1-36(2,3)52-35(50)45(16-20-9-10-29(48)41-20)17-24-25(37)14-26(42-33(24)51-5)23-8-6-7-21(30(23)38)22-11-12-40-32(31(22)39)19-13-27-34(49)44(4)28(18-47)43-46(27)15-19/h6-8,11-15,20,47H,9-10,16-18H2,1-5H3,(H,41,48)/t20-/m0/s1. The molecule has 0 unspecified atom stereocenters. The van der Waals surface area contributed by atoms with E-state index in [0.717, 1.165) is 0 Å². The summed E-state index contributed by atoms with van der Waals surface area (Å²) in [4.78, 5) is 48.8. The average molecular weight is 769 g/mol. The van der Waals surface area contributed by atoms with Gasteiger partial charge in [-0.25, -0.2) is 14.3 Å². The zero-order chi connectivity index (χ0) is 37.5. The summed E-state index contributed by atoms with van der Waals surface area (Å²) in [6.07, 6.45) is 3.62. The number of carbonyl (C=O) groups excluding carboxylic acids is 2. The Morgan fingerprint density at radius 3 is 2.50 bits per heavy atom. The Bertz CT molecular complexity index is 2270. The number of aromatic nitrogens is 5. The molecule has 0 saturated carbocycles. The lowest BCUT2D eigenvalue weighted by Crippen LogP contribution is -2.43. The van der Waals surface area contributed by atoms with E-state index >= 15 is 0 Å². The molecule has 6 rings (SSSR count). The average Bonchev–Trinajstić information content (AvgIpc) is 3.72. The van der Waals surface area contributed by atoms with E-state index in [1.807, 2.05) is 6.07 Å². The number of amides is 2. The van der Waals surface area contributed by atoms with Gasteiger partial charge in [-0.3, -0.25) is 19.1 Å². The zero-order valence-corrected chi connectivity index (χ0v) is 31.3. The van der Waals surface area contributed by atoms with E-state index in [9.17, 15) is 19.5 Å². The first-order valence-corrected chi connectivity index (χ1v) is 17.5. The quantitative estimate of drug-likeness (QED) is 0.176. The fraction of sp³-hybridized carbons (Fsp3) is 0.333. The molecule has 2 amide bonds. The minimum atomic E-state index is -0.749. The number of fused-ring (bicyclic) bond motifs is 1. The van der Waals surface area contributed by atoms with Crippen LogP contribution in [0.1, 0.15) is 45.0 Å². The third-order valence-electron chi connectivity index (χ3n) is 8.56. The third kappa shape index (κ3) is 7.45. The topological polar surface area (TPSA) is 153 Å².